The lowest BCUT2D eigenvalue weighted by Gasteiger charge is -2.57. The van der Waals surface area contributed by atoms with Gasteiger partial charge in [-0.25, -0.2) is 0 Å². The quantitative estimate of drug-likeness (QED) is 0.494. The van der Waals surface area contributed by atoms with Crippen LogP contribution in [0.5, 0.6) is 5.75 Å². The summed E-state index contributed by atoms with van der Waals surface area (Å²) in [5.74, 6) is 3.69. The molecule has 4 aliphatic rings. The third-order valence-electron chi connectivity index (χ3n) is 7.61. The molecule has 3 aromatic rings. The summed E-state index contributed by atoms with van der Waals surface area (Å²) in [4.78, 5) is 0. The fourth-order valence-electron chi connectivity index (χ4n) is 6.76. The van der Waals surface area contributed by atoms with Crippen LogP contribution in [0.15, 0.2) is 53.1 Å². The average molecular weight is 423 g/mol. The van der Waals surface area contributed by atoms with Gasteiger partial charge in [-0.05, 0) is 104 Å². The van der Waals surface area contributed by atoms with Crippen LogP contribution in [0.2, 0.25) is 0 Å². The number of nitrogens with two attached hydrogens (primary N) is 1. The highest BCUT2D eigenvalue weighted by Gasteiger charge is 2.52. The van der Waals surface area contributed by atoms with Crippen molar-refractivity contribution in [1.82, 2.24) is 5.16 Å². The van der Waals surface area contributed by atoms with Crippen LogP contribution >= 0.6 is 12.4 Å². The van der Waals surface area contributed by atoms with Gasteiger partial charge in [0.15, 0.2) is 5.76 Å². The van der Waals surface area contributed by atoms with E-state index in [0.717, 1.165) is 51.6 Å². The number of nitrogens with zero attached hydrogens (tertiary/aromatic N) is 1. The Morgan fingerprint density at radius 2 is 1.47 bits per heavy atom. The number of halogens is 1. The second-order valence-electron chi connectivity index (χ2n) is 9.63. The summed E-state index contributed by atoms with van der Waals surface area (Å²) in [6, 6.07) is 15.6. The maximum absolute atomic E-state index is 10.8. The van der Waals surface area contributed by atoms with E-state index in [9.17, 15) is 5.11 Å². The molecule has 3 N–H and O–H groups in total. The molecule has 0 amide bonds. The molecule has 156 valence electrons. The summed E-state index contributed by atoms with van der Waals surface area (Å²) >= 11 is 0. The number of aromatic hydroxyl groups is 1. The Labute approximate surface area is 182 Å². The molecule has 4 bridgehead atoms. The molecule has 1 aromatic heterocycles. The molecular weight excluding hydrogens is 396 g/mol. The number of anilines is 1. The molecule has 4 aliphatic carbocycles. The van der Waals surface area contributed by atoms with Crippen molar-refractivity contribution in [2.75, 3.05) is 5.73 Å². The zero-order chi connectivity index (χ0) is 19.6. The third-order valence-corrected chi connectivity index (χ3v) is 7.61. The highest BCUT2D eigenvalue weighted by molar-refractivity contribution is 5.85. The maximum Gasteiger partial charge on any atom is 0.167 e. The first-order chi connectivity index (χ1) is 14.1. The SMILES string of the molecule is Cl.Nc1ccc(-c2cc(-c3ccc(O)c(C45CC6CC(CC(C6)C4)C5)c3)no2)cc1. The first kappa shape index (κ1) is 19.5. The normalized spacial score (nSPS) is 29.0. The highest BCUT2D eigenvalue weighted by atomic mass is 35.5. The Bertz CT molecular complexity index is 1040. The topological polar surface area (TPSA) is 72.3 Å². The minimum absolute atomic E-state index is 0. The Balaban J connectivity index is 0.00000193. The van der Waals surface area contributed by atoms with Crippen molar-refractivity contribution >= 4 is 18.1 Å². The van der Waals surface area contributed by atoms with E-state index in [-0.39, 0.29) is 17.8 Å². The van der Waals surface area contributed by atoms with Crippen molar-refractivity contribution in [3.8, 4) is 28.3 Å². The van der Waals surface area contributed by atoms with E-state index in [4.69, 9.17) is 10.3 Å². The molecule has 4 saturated carbocycles. The minimum atomic E-state index is 0. The van der Waals surface area contributed by atoms with Gasteiger partial charge in [-0.15, -0.1) is 12.4 Å². The van der Waals surface area contributed by atoms with E-state index in [2.05, 4.69) is 11.2 Å². The number of nitrogen functional groups attached to an aromatic ring is 1. The van der Waals surface area contributed by atoms with Crippen LogP contribution in [-0.2, 0) is 5.41 Å². The van der Waals surface area contributed by atoms with E-state index >= 15 is 0 Å². The molecule has 0 unspecified atom stereocenters. The molecule has 4 fully saturated rings. The largest absolute Gasteiger partial charge is 0.508 e. The Morgan fingerprint density at radius 1 is 0.867 bits per heavy atom. The van der Waals surface area contributed by atoms with Gasteiger partial charge in [0.05, 0.1) is 0 Å². The standard InChI is InChI=1S/C25H26N2O2.ClH/c26-20-4-1-18(2-5-20)24-11-22(27-29-24)19-3-6-23(28)21(10-19)25-12-15-7-16(13-25)9-17(8-15)14-25;/h1-6,10-11,15-17,28H,7-9,12-14,26H2;1H. The number of hydrogen-bond donors (Lipinski definition) is 2. The van der Waals surface area contributed by atoms with Crippen LogP contribution in [0.4, 0.5) is 5.69 Å². The summed E-state index contributed by atoms with van der Waals surface area (Å²) < 4.78 is 5.61. The van der Waals surface area contributed by atoms with Crippen LogP contribution in [0.1, 0.15) is 44.1 Å². The van der Waals surface area contributed by atoms with Gasteiger partial charge in [0.25, 0.3) is 0 Å². The van der Waals surface area contributed by atoms with Crippen molar-refractivity contribution in [2.45, 2.75) is 43.9 Å². The summed E-state index contributed by atoms with van der Waals surface area (Å²) in [7, 11) is 0. The van der Waals surface area contributed by atoms with Crippen LogP contribution in [0.25, 0.3) is 22.6 Å². The van der Waals surface area contributed by atoms with Crippen LogP contribution in [0.3, 0.4) is 0 Å². The molecule has 1 heterocycles. The minimum Gasteiger partial charge on any atom is -0.508 e. The van der Waals surface area contributed by atoms with E-state index in [1.165, 1.54) is 38.5 Å². The molecule has 4 nitrogen and oxygen atoms in total. The van der Waals surface area contributed by atoms with Gasteiger partial charge in [-0.1, -0.05) is 5.16 Å². The number of phenols is 1. The Morgan fingerprint density at radius 3 is 2.10 bits per heavy atom. The van der Waals surface area contributed by atoms with E-state index < -0.39 is 0 Å². The second kappa shape index (κ2) is 7.05. The number of aromatic nitrogens is 1. The van der Waals surface area contributed by atoms with Gasteiger partial charge >= 0.3 is 0 Å². The first-order valence-corrected chi connectivity index (χ1v) is 10.7. The van der Waals surface area contributed by atoms with Crippen molar-refractivity contribution in [1.29, 1.82) is 0 Å². The summed E-state index contributed by atoms with van der Waals surface area (Å²) in [5.41, 5.74) is 10.6. The third kappa shape index (κ3) is 3.09. The fraction of sp³-hybridized carbons (Fsp3) is 0.400. The molecular formula is C25H27ClN2O2. The molecule has 0 saturated heterocycles. The van der Waals surface area contributed by atoms with E-state index in [1.807, 2.05) is 42.5 Å². The van der Waals surface area contributed by atoms with Gasteiger partial charge in [0.1, 0.15) is 11.4 Å². The van der Waals surface area contributed by atoms with Gasteiger partial charge in [-0.2, -0.15) is 0 Å². The average Bonchev–Trinajstić information content (AvgIpc) is 3.18. The van der Waals surface area contributed by atoms with Crippen molar-refractivity contribution in [2.24, 2.45) is 17.8 Å². The molecule has 2 aromatic carbocycles. The smallest absolute Gasteiger partial charge is 0.167 e. The lowest BCUT2D eigenvalue weighted by atomic mass is 9.48. The lowest BCUT2D eigenvalue weighted by molar-refractivity contribution is -0.00611. The first-order valence-electron chi connectivity index (χ1n) is 10.7. The molecule has 0 atom stereocenters. The van der Waals surface area contributed by atoms with E-state index in [0.29, 0.717) is 5.75 Å². The molecule has 5 heteroatoms. The van der Waals surface area contributed by atoms with Gasteiger partial charge in [0, 0.05) is 28.4 Å². The monoisotopic (exact) mass is 422 g/mol. The molecule has 30 heavy (non-hydrogen) atoms. The zero-order valence-corrected chi connectivity index (χ0v) is 17.7. The van der Waals surface area contributed by atoms with Crippen molar-refractivity contribution in [3.63, 3.8) is 0 Å². The van der Waals surface area contributed by atoms with Crippen LogP contribution in [-0.4, -0.2) is 10.3 Å². The Kier molecular flexibility index (Phi) is 4.59. The van der Waals surface area contributed by atoms with Crippen molar-refractivity contribution < 1.29 is 9.63 Å². The van der Waals surface area contributed by atoms with E-state index in [1.54, 1.807) is 0 Å². The molecule has 0 radical (unpaired) electrons. The summed E-state index contributed by atoms with van der Waals surface area (Å²) in [6.45, 7) is 0. The number of benzene rings is 2. The number of hydrogen-bond acceptors (Lipinski definition) is 4. The number of rotatable bonds is 3. The second-order valence-corrected chi connectivity index (χ2v) is 9.63. The number of phenolic OH excluding ortho intramolecular Hbond substituents is 1. The zero-order valence-electron chi connectivity index (χ0n) is 16.9. The summed E-state index contributed by atoms with van der Waals surface area (Å²) in [6.07, 6.45) is 7.87. The van der Waals surface area contributed by atoms with Gasteiger partial charge in [0.2, 0.25) is 0 Å². The summed E-state index contributed by atoms with van der Waals surface area (Å²) in [5, 5.41) is 15.1. The molecule has 7 rings (SSSR count). The molecule has 0 aliphatic heterocycles. The molecule has 0 spiro atoms. The van der Waals surface area contributed by atoms with Crippen molar-refractivity contribution in [3.05, 3.63) is 54.1 Å². The predicted octanol–water partition coefficient (Wildman–Crippen LogP) is 6.19. The predicted molar refractivity (Wildman–Crippen MR) is 121 cm³/mol. The van der Waals surface area contributed by atoms with Crippen LogP contribution in [0, 0.1) is 17.8 Å². The van der Waals surface area contributed by atoms with Gasteiger partial charge < -0.3 is 15.4 Å². The van der Waals surface area contributed by atoms with Gasteiger partial charge in [-0.3, -0.25) is 0 Å². The highest BCUT2D eigenvalue weighted by Crippen LogP contribution is 2.62. The fourth-order valence-corrected chi connectivity index (χ4v) is 6.76. The maximum atomic E-state index is 10.8. The Hall–Kier alpha value is -2.46. The lowest BCUT2D eigenvalue weighted by Crippen LogP contribution is -2.48. The van der Waals surface area contributed by atoms with Crippen LogP contribution < -0.4 is 5.73 Å².